The topological polar surface area (TPSA) is 83.1 Å². The van der Waals surface area contributed by atoms with E-state index < -0.39 is 6.17 Å². The number of thioether (sulfide) groups is 1. The highest BCUT2D eigenvalue weighted by molar-refractivity contribution is 7.99. The molecular weight excluding hydrogens is 376 g/mol. The van der Waals surface area contributed by atoms with Gasteiger partial charge >= 0.3 is 11.3 Å². The van der Waals surface area contributed by atoms with Crippen molar-refractivity contribution in [1.29, 1.82) is 0 Å². The van der Waals surface area contributed by atoms with E-state index in [1.54, 1.807) is 28.0 Å². The lowest BCUT2D eigenvalue weighted by molar-refractivity contribution is -0.761. The van der Waals surface area contributed by atoms with Gasteiger partial charge in [0.2, 0.25) is 11.1 Å². The second kappa shape index (κ2) is 7.47. The highest BCUT2D eigenvalue weighted by atomic mass is 32.2. The largest absolute Gasteiger partial charge is 0.465 e. The van der Waals surface area contributed by atoms with Gasteiger partial charge in [-0.15, -0.1) is 0 Å². The number of para-hydroxylation sites is 1. The highest BCUT2D eigenvalue weighted by Crippen LogP contribution is 2.35. The second-order valence-corrected chi connectivity index (χ2v) is 7.43. The summed E-state index contributed by atoms with van der Waals surface area (Å²) < 4.78 is 6.98. The van der Waals surface area contributed by atoms with Crippen molar-refractivity contribution in [2.75, 3.05) is 10.7 Å². The summed E-state index contributed by atoms with van der Waals surface area (Å²) in [6.45, 7) is 3.49. The molecule has 8 heteroatoms. The van der Waals surface area contributed by atoms with Crippen LogP contribution in [0.3, 0.4) is 0 Å². The normalized spacial score (nSPS) is 15.5. The number of hydrogen-bond acceptors (Lipinski definition) is 5. The number of fused-ring (bicyclic) bond motifs is 3. The minimum absolute atomic E-state index is 0.147. The maximum Gasteiger partial charge on any atom is 0.325 e. The van der Waals surface area contributed by atoms with Crippen LogP contribution in [0.1, 0.15) is 25.8 Å². The van der Waals surface area contributed by atoms with E-state index >= 15 is 0 Å². The summed E-state index contributed by atoms with van der Waals surface area (Å²) in [5, 5.41) is 5.13. The Morgan fingerprint density at radius 1 is 1.36 bits per heavy atom. The predicted octanol–water partition coefficient (Wildman–Crippen LogP) is 3.01. The van der Waals surface area contributed by atoms with Gasteiger partial charge in [0, 0.05) is 18.1 Å². The Morgan fingerprint density at radius 3 is 2.89 bits per heavy atom. The van der Waals surface area contributed by atoms with Gasteiger partial charge in [0.15, 0.2) is 0 Å². The molecule has 0 radical (unpaired) electrons. The lowest BCUT2D eigenvalue weighted by atomic mass is 10.0. The van der Waals surface area contributed by atoms with Crippen LogP contribution in [0.5, 0.6) is 0 Å². The summed E-state index contributed by atoms with van der Waals surface area (Å²) in [5.74, 6) is 1.27. The molecule has 142 valence electrons. The molecule has 0 spiro atoms. The van der Waals surface area contributed by atoms with Crippen molar-refractivity contribution in [3.8, 4) is 11.3 Å². The molecule has 7 nitrogen and oxygen atoms in total. The molecule has 1 aliphatic rings. The molecule has 1 aromatic carbocycles. The molecule has 28 heavy (non-hydrogen) atoms. The molecule has 2 aromatic heterocycles. The number of H-pyrrole nitrogens is 1. The summed E-state index contributed by atoms with van der Waals surface area (Å²) >= 11 is 1.44. The van der Waals surface area contributed by atoms with E-state index in [0.717, 1.165) is 5.75 Å². The van der Waals surface area contributed by atoms with Gasteiger partial charge in [-0.05, 0) is 40.8 Å². The van der Waals surface area contributed by atoms with Crippen molar-refractivity contribution in [2.45, 2.75) is 25.2 Å². The zero-order valence-electron chi connectivity index (χ0n) is 15.5. The number of aromatic amines is 1. The number of nitrogens with zero attached hydrogens (tertiary/aromatic N) is 3. The van der Waals surface area contributed by atoms with Crippen LogP contribution in [0.15, 0.2) is 63.1 Å². The Kier molecular flexibility index (Phi) is 4.87. The van der Waals surface area contributed by atoms with E-state index in [1.165, 1.54) is 18.7 Å². The SMILES string of the molecule is CCSc1n[n+]2c(c(=O)[nH]1)-c1ccccc1N(C(C)=O)C2/C=C/c1ccco1. The lowest BCUT2D eigenvalue weighted by Crippen LogP contribution is -2.59. The van der Waals surface area contributed by atoms with E-state index in [0.29, 0.717) is 27.9 Å². The van der Waals surface area contributed by atoms with Crippen LogP contribution in [0.4, 0.5) is 5.69 Å². The third-order valence-electron chi connectivity index (χ3n) is 4.39. The first-order valence-corrected chi connectivity index (χ1v) is 9.88. The van der Waals surface area contributed by atoms with Crippen LogP contribution < -0.4 is 15.1 Å². The highest BCUT2D eigenvalue weighted by Gasteiger charge is 2.42. The fourth-order valence-electron chi connectivity index (χ4n) is 3.30. The van der Waals surface area contributed by atoms with Gasteiger partial charge in [0.25, 0.3) is 6.17 Å². The van der Waals surface area contributed by atoms with Gasteiger partial charge in [0.05, 0.1) is 17.5 Å². The van der Waals surface area contributed by atoms with Gasteiger partial charge in [-0.1, -0.05) is 30.8 Å². The molecule has 0 fully saturated rings. The molecule has 1 aliphatic heterocycles. The maximum atomic E-state index is 12.9. The lowest BCUT2D eigenvalue weighted by Gasteiger charge is -2.29. The molecule has 3 aromatic rings. The van der Waals surface area contributed by atoms with Gasteiger partial charge < -0.3 is 4.42 Å². The van der Waals surface area contributed by atoms with Crippen molar-refractivity contribution < 1.29 is 13.9 Å². The number of hydrogen-bond donors (Lipinski definition) is 1. The van der Waals surface area contributed by atoms with E-state index in [9.17, 15) is 9.59 Å². The monoisotopic (exact) mass is 395 g/mol. The number of rotatable bonds is 4. The average Bonchev–Trinajstić information content (AvgIpc) is 3.19. The van der Waals surface area contributed by atoms with Gasteiger partial charge in [-0.2, -0.15) is 0 Å². The number of furan rings is 1. The Bertz CT molecular complexity index is 1100. The zero-order valence-corrected chi connectivity index (χ0v) is 16.3. The van der Waals surface area contributed by atoms with Crippen molar-refractivity contribution >= 4 is 29.4 Å². The zero-order chi connectivity index (χ0) is 19.7. The molecule has 0 bridgehead atoms. The molecule has 1 N–H and O–H groups in total. The van der Waals surface area contributed by atoms with Crippen LogP contribution >= 0.6 is 11.8 Å². The molecule has 1 amide bonds. The Hall–Kier alpha value is -3.13. The van der Waals surface area contributed by atoms with E-state index in [1.807, 2.05) is 43.3 Å². The van der Waals surface area contributed by atoms with Crippen molar-refractivity contribution in [2.24, 2.45) is 0 Å². The van der Waals surface area contributed by atoms with Gasteiger partial charge in [-0.3, -0.25) is 14.6 Å². The van der Waals surface area contributed by atoms with Crippen LogP contribution in [-0.4, -0.2) is 21.7 Å². The third-order valence-corrected chi connectivity index (χ3v) is 5.14. The summed E-state index contributed by atoms with van der Waals surface area (Å²) in [4.78, 5) is 30.0. The van der Waals surface area contributed by atoms with Crippen molar-refractivity contribution in [3.63, 3.8) is 0 Å². The summed E-state index contributed by atoms with van der Waals surface area (Å²) in [7, 11) is 0. The fourth-order valence-corrected chi connectivity index (χ4v) is 3.88. The molecule has 3 heterocycles. The van der Waals surface area contributed by atoms with Gasteiger partial charge in [-0.25, -0.2) is 4.90 Å². The minimum atomic E-state index is -0.592. The van der Waals surface area contributed by atoms with Crippen molar-refractivity contribution in [1.82, 2.24) is 10.1 Å². The third kappa shape index (κ3) is 3.16. The van der Waals surface area contributed by atoms with E-state index in [4.69, 9.17) is 4.42 Å². The van der Waals surface area contributed by atoms with Crippen LogP contribution in [0.2, 0.25) is 0 Å². The molecule has 1 atom stereocenters. The number of benzene rings is 1. The standard InChI is InChI=1S/C20H18N4O3S/c1-3-28-20-21-19(26)18-15-8-4-5-9-16(15)23(13(2)25)17(24(18)22-20)11-10-14-7-6-12-27-14/h4-12,17H,3H2,1-2H3/p+1/b11-10+. The molecule has 4 rings (SSSR count). The molecule has 0 aliphatic carbocycles. The summed E-state index contributed by atoms with van der Waals surface area (Å²) in [6, 6.07) is 11.0. The summed E-state index contributed by atoms with van der Waals surface area (Å²) in [6.07, 6.45) is 4.58. The number of anilines is 1. The van der Waals surface area contributed by atoms with Crippen LogP contribution in [0, 0.1) is 0 Å². The first-order chi connectivity index (χ1) is 13.6. The Labute approximate surface area is 165 Å². The van der Waals surface area contributed by atoms with E-state index in [2.05, 4.69) is 10.1 Å². The van der Waals surface area contributed by atoms with Crippen LogP contribution in [-0.2, 0) is 4.79 Å². The average molecular weight is 395 g/mol. The minimum Gasteiger partial charge on any atom is -0.465 e. The first kappa shape index (κ1) is 18.2. The molecular formula is C20H19N4O3S+. The number of nitrogens with one attached hydrogen (secondary N) is 1. The summed E-state index contributed by atoms with van der Waals surface area (Å²) in [5.41, 5.74) is 1.52. The first-order valence-electron chi connectivity index (χ1n) is 8.90. The Balaban J connectivity index is 1.96. The quantitative estimate of drug-likeness (QED) is 0.542. The number of carbonyl (C=O) groups excluding carboxylic acids is 1. The second-order valence-electron chi connectivity index (χ2n) is 6.18. The molecule has 0 saturated carbocycles. The smallest absolute Gasteiger partial charge is 0.325 e. The molecule has 1 unspecified atom stereocenters. The number of amides is 1. The number of carbonyl (C=O) groups is 1. The molecule has 0 saturated heterocycles. The predicted molar refractivity (Wildman–Crippen MR) is 107 cm³/mol. The van der Waals surface area contributed by atoms with E-state index in [-0.39, 0.29) is 11.5 Å². The van der Waals surface area contributed by atoms with Crippen LogP contribution in [0.25, 0.3) is 17.3 Å². The maximum absolute atomic E-state index is 12.9. The number of aromatic nitrogens is 3. The fraction of sp³-hybridized carbons (Fsp3) is 0.200. The van der Waals surface area contributed by atoms with Crippen molar-refractivity contribution in [3.05, 3.63) is 64.9 Å². The Morgan fingerprint density at radius 2 is 2.18 bits per heavy atom. The van der Waals surface area contributed by atoms with Gasteiger partial charge in [0.1, 0.15) is 5.76 Å².